The van der Waals surface area contributed by atoms with Crippen molar-refractivity contribution in [1.82, 2.24) is 0 Å². The summed E-state index contributed by atoms with van der Waals surface area (Å²) in [6.45, 7) is 3.20. The van der Waals surface area contributed by atoms with E-state index in [1.54, 1.807) is 0 Å². The fourth-order valence-corrected chi connectivity index (χ4v) is 1.14. The van der Waals surface area contributed by atoms with E-state index in [4.69, 9.17) is 4.74 Å². The van der Waals surface area contributed by atoms with Crippen LogP contribution in [0.25, 0.3) is 0 Å². The summed E-state index contributed by atoms with van der Waals surface area (Å²) in [5.41, 5.74) is 0.960. The van der Waals surface area contributed by atoms with E-state index in [0.717, 1.165) is 12.1 Å². The average molecular weight is 207 g/mol. The molecule has 0 fully saturated rings. The summed E-state index contributed by atoms with van der Waals surface area (Å²) >= 11 is 0. The first-order valence-electron chi connectivity index (χ1n) is 5.21. The minimum absolute atomic E-state index is 0.0762. The molecular formula is C12H17NO2. The molecule has 82 valence electrons. The largest absolute Gasteiger partial charge is 0.378 e. The highest BCUT2D eigenvalue weighted by atomic mass is 16.5. The van der Waals surface area contributed by atoms with Gasteiger partial charge in [-0.1, -0.05) is 25.1 Å². The van der Waals surface area contributed by atoms with Crippen LogP contribution in [-0.4, -0.2) is 25.5 Å². The number of carbonyl (C=O) groups excluding carboxylic acids is 1. The highest BCUT2D eigenvalue weighted by Gasteiger charge is 2.00. The quantitative estimate of drug-likeness (QED) is 0.696. The smallest absolute Gasteiger partial charge is 0.177 e. The molecule has 0 saturated carbocycles. The van der Waals surface area contributed by atoms with Gasteiger partial charge in [0.1, 0.15) is 6.61 Å². The van der Waals surface area contributed by atoms with Crippen LogP contribution in [0.1, 0.15) is 13.3 Å². The van der Waals surface area contributed by atoms with Crippen LogP contribution in [0.2, 0.25) is 0 Å². The van der Waals surface area contributed by atoms with E-state index in [2.05, 4.69) is 5.32 Å². The van der Waals surface area contributed by atoms with Gasteiger partial charge in [-0.25, -0.2) is 0 Å². The molecule has 1 aromatic rings. The molecule has 0 heterocycles. The Bertz CT molecular complexity index is 285. The van der Waals surface area contributed by atoms with Gasteiger partial charge in [0.25, 0.3) is 0 Å². The van der Waals surface area contributed by atoms with Crippen LogP contribution in [0.3, 0.4) is 0 Å². The first-order valence-corrected chi connectivity index (χ1v) is 5.21. The molecule has 0 radical (unpaired) electrons. The molecule has 0 aliphatic heterocycles. The minimum atomic E-state index is 0.0762. The van der Waals surface area contributed by atoms with Crippen molar-refractivity contribution in [2.24, 2.45) is 0 Å². The van der Waals surface area contributed by atoms with E-state index < -0.39 is 0 Å². The Hall–Kier alpha value is -1.35. The second kappa shape index (κ2) is 7.01. The highest BCUT2D eigenvalue weighted by molar-refractivity contribution is 5.84. The maximum Gasteiger partial charge on any atom is 0.177 e. The fourth-order valence-electron chi connectivity index (χ4n) is 1.14. The van der Waals surface area contributed by atoms with E-state index in [0.29, 0.717) is 13.2 Å². The van der Waals surface area contributed by atoms with Gasteiger partial charge in [-0.15, -0.1) is 0 Å². The molecule has 0 saturated heterocycles. The molecule has 1 rings (SSSR count). The lowest BCUT2D eigenvalue weighted by molar-refractivity contribution is -0.121. The van der Waals surface area contributed by atoms with Crippen LogP contribution >= 0.6 is 0 Å². The Morgan fingerprint density at radius 2 is 2.07 bits per heavy atom. The summed E-state index contributed by atoms with van der Waals surface area (Å²) in [6.07, 6.45) is 0.944. The Morgan fingerprint density at radius 1 is 1.33 bits per heavy atom. The summed E-state index contributed by atoms with van der Waals surface area (Å²) < 4.78 is 5.14. The van der Waals surface area contributed by atoms with Crippen molar-refractivity contribution in [2.45, 2.75) is 13.3 Å². The van der Waals surface area contributed by atoms with Crippen molar-refractivity contribution in [2.75, 3.05) is 25.1 Å². The second-order valence-corrected chi connectivity index (χ2v) is 3.31. The molecule has 0 unspecified atom stereocenters. The van der Waals surface area contributed by atoms with E-state index >= 15 is 0 Å². The number of nitrogens with one attached hydrogen (secondary N) is 1. The van der Waals surface area contributed by atoms with Gasteiger partial charge in [-0.05, 0) is 18.6 Å². The first-order chi connectivity index (χ1) is 7.33. The number of ether oxygens (including phenoxy) is 1. The number of para-hydroxylation sites is 1. The normalized spacial score (nSPS) is 9.93. The van der Waals surface area contributed by atoms with Crippen LogP contribution in [0.5, 0.6) is 0 Å². The Kier molecular flexibility index (Phi) is 5.48. The third-order valence-corrected chi connectivity index (χ3v) is 1.87. The Labute approximate surface area is 90.4 Å². The topological polar surface area (TPSA) is 38.3 Å². The molecule has 3 heteroatoms. The zero-order valence-electron chi connectivity index (χ0n) is 9.03. The molecule has 0 aromatic heterocycles. The first kappa shape index (κ1) is 11.7. The van der Waals surface area contributed by atoms with Crippen LogP contribution in [0, 0.1) is 0 Å². The molecular weight excluding hydrogens is 190 g/mol. The number of Topliss-reactive ketones (excluding diaryl/α,β-unsaturated/α-hetero) is 1. The summed E-state index contributed by atoms with van der Waals surface area (Å²) in [7, 11) is 0. The molecule has 0 spiro atoms. The third kappa shape index (κ3) is 5.18. The zero-order valence-corrected chi connectivity index (χ0v) is 9.03. The monoisotopic (exact) mass is 207 g/mol. The van der Waals surface area contributed by atoms with Gasteiger partial charge in [-0.2, -0.15) is 0 Å². The van der Waals surface area contributed by atoms with E-state index in [1.807, 2.05) is 37.3 Å². The fraction of sp³-hybridized carbons (Fsp3) is 0.417. The lowest BCUT2D eigenvalue weighted by atomic mass is 10.3. The summed E-state index contributed by atoms with van der Waals surface area (Å²) in [6, 6.07) is 9.67. The van der Waals surface area contributed by atoms with Crippen molar-refractivity contribution in [3.63, 3.8) is 0 Å². The maximum atomic E-state index is 11.3. The van der Waals surface area contributed by atoms with Gasteiger partial charge in [0, 0.05) is 12.3 Å². The number of ketones is 1. The van der Waals surface area contributed by atoms with Crippen LogP contribution in [0.15, 0.2) is 30.3 Å². The molecule has 1 aromatic carbocycles. The van der Waals surface area contributed by atoms with Crippen LogP contribution in [-0.2, 0) is 9.53 Å². The SMILES string of the molecule is CCCOCC(=O)CNc1ccccc1. The summed E-state index contributed by atoms with van der Waals surface area (Å²) in [5.74, 6) is 0.0762. The van der Waals surface area contributed by atoms with Crippen molar-refractivity contribution < 1.29 is 9.53 Å². The second-order valence-electron chi connectivity index (χ2n) is 3.31. The van der Waals surface area contributed by atoms with Gasteiger partial charge < -0.3 is 10.1 Å². The minimum Gasteiger partial charge on any atom is -0.378 e. The Balaban J connectivity index is 2.17. The average Bonchev–Trinajstić information content (AvgIpc) is 2.28. The van der Waals surface area contributed by atoms with Gasteiger partial charge in [-0.3, -0.25) is 4.79 Å². The summed E-state index contributed by atoms with van der Waals surface area (Å²) in [5, 5.41) is 3.04. The zero-order chi connectivity index (χ0) is 10.9. The molecule has 0 atom stereocenters. The highest BCUT2D eigenvalue weighted by Crippen LogP contribution is 2.03. The third-order valence-electron chi connectivity index (χ3n) is 1.87. The van der Waals surface area contributed by atoms with Crippen molar-refractivity contribution in [1.29, 1.82) is 0 Å². The van der Waals surface area contributed by atoms with Gasteiger partial charge in [0.05, 0.1) is 6.54 Å². The standard InChI is InChI=1S/C12H17NO2/c1-2-8-15-10-12(14)9-13-11-6-4-3-5-7-11/h3-7,13H,2,8-10H2,1H3. The van der Waals surface area contributed by atoms with Crippen LogP contribution in [0.4, 0.5) is 5.69 Å². The molecule has 0 aliphatic rings. The predicted molar refractivity (Wildman–Crippen MR) is 61.0 cm³/mol. The number of carbonyl (C=O) groups is 1. The van der Waals surface area contributed by atoms with Crippen molar-refractivity contribution >= 4 is 11.5 Å². The molecule has 1 N–H and O–H groups in total. The van der Waals surface area contributed by atoms with E-state index in [1.165, 1.54) is 0 Å². The van der Waals surface area contributed by atoms with Gasteiger partial charge in [0.2, 0.25) is 0 Å². The van der Waals surface area contributed by atoms with Crippen molar-refractivity contribution in [3.8, 4) is 0 Å². The van der Waals surface area contributed by atoms with Crippen molar-refractivity contribution in [3.05, 3.63) is 30.3 Å². The maximum absolute atomic E-state index is 11.3. The van der Waals surface area contributed by atoms with E-state index in [9.17, 15) is 4.79 Å². The molecule has 0 bridgehead atoms. The molecule has 3 nitrogen and oxygen atoms in total. The number of benzene rings is 1. The number of anilines is 1. The van der Waals surface area contributed by atoms with E-state index in [-0.39, 0.29) is 12.4 Å². The number of hydrogen-bond donors (Lipinski definition) is 1. The number of hydrogen-bond acceptors (Lipinski definition) is 3. The van der Waals surface area contributed by atoms with Gasteiger partial charge in [0.15, 0.2) is 5.78 Å². The lowest BCUT2D eigenvalue weighted by Crippen LogP contribution is -2.19. The van der Waals surface area contributed by atoms with Crippen LogP contribution < -0.4 is 5.32 Å². The molecule has 0 aliphatic carbocycles. The molecule has 0 amide bonds. The lowest BCUT2D eigenvalue weighted by Gasteiger charge is -2.05. The Morgan fingerprint density at radius 3 is 2.73 bits per heavy atom. The predicted octanol–water partition coefficient (Wildman–Crippen LogP) is 2.09. The summed E-state index contributed by atoms with van der Waals surface area (Å²) in [4.78, 5) is 11.3. The molecule has 15 heavy (non-hydrogen) atoms. The number of rotatable bonds is 7. The van der Waals surface area contributed by atoms with Gasteiger partial charge >= 0.3 is 0 Å².